The van der Waals surface area contributed by atoms with Crippen molar-refractivity contribution in [2.75, 3.05) is 21.1 Å². The van der Waals surface area contributed by atoms with Gasteiger partial charge in [-0.1, -0.05) is 114 Å². The third-order valence-electron chi connectivity index (χ3n) is 7.24. The van der Waals surface area contributed by atoms with E-state index in [2.05, 4.69) is 19.1 Å². The maximum atomic E-state index is 11.9. The van der Waals surface area contributed by atoms with E-state index in [-0.39, 0.29) is 0 Å². The van der Waals surface area contributed by atoms with Gasteiger partial charge in [0.25, 0.3) is 5.28 Å². The Hall–Kier alpha value is -0.240. The lowest BCUT2D eigenvalue weighted by Gasteiger charge is -2.39. The molecule has 2 unspecified atom stereocenters. The molecule has 0 radical (unpaired) electrons. The van der Waals surface area contributed by atoms with Gasteiger partial charge in [-0.05, 0) is 32.1 Å². The van der Waals surface area contributed by atoms with Crippen LogP contribution in [0, 0.1) is 0 Å². The molecule has 0 bridgehead atoms. The molecular weight excluding hydrogens is 413 g/mol. The Labute approximate surface area is 202 Å². The number of nitrogens with zero attached hydrogens (tertiary/aromatic N) is 1. The van der Waals surface area contributed by atoms with Crippen molar-refractivity contribution >= 4 is 8.03 Å². The van der Waals surface area contributed by atoms with Gasteiger partial charge in [0.05, 0.1) is 21.1 Å². The van der Waals surface area contributed by atoms with E-state index in [0.717, 1.165) is 19.3 Å². The number of unbranched alkanes of at least 4 members (excludes halogenated alkanes) is 16. The van der Waals surface area contributed by atoms with E-state index in [9.17, 15) is 9.46 Å². The molecule has 0 fully saturated rings. The summed E-state index contributed by atoms with van der Waals surface area (Å²) in [6.07, 6.45) is 30.1. The maximum absolute atomic E-state index is 11.9. The highest BCUT2D eigenvalue weighted by molar-refractivity contribution is 7.38. The highest BCUT2D eigenvalue weighted by atomic mass is 31.1. The Bertz CT molecular complexity index is 473. The summed E-state index contributed by atoms with van der Waals surface area (Å²) in [5.74, 6) is 0. The van der Waals surface area contributed by atoms with Crippen molar-refractivity contribution in [1.29, 1.82) is 0 Å². The normalized spacial score (nSPS) is 14.8. The molecule has 32 heavy (non-hydrogen) atoms. The number of allylic oxidation sites excluding steroid dienone is 2. The number of quaternary nitrogens is 1. The molecule has 190 valence electrons. The fourth-order valence-electron chi connectivity index (χ4n) is 4.81. The van der Waals surface area contributed by atoms with E-state index in [1.165, 1.54) is 103 Å². The van der Waals surface area contributed by atoms with Gasteiger partial charge in [-0.25, -0.2) is 0 Å². The first-order chi connectivity index (χ1) is 15.3. The lowest BCUT2D eigenvalue weighted by Crippen LogP contribution is -2.55. The van der Waals surface area contributed by atoms with Crippen LogP contribution in [-0.2, 0) is 4.57 Å². The van der Waals surface area contributed by atoms with E-state index in [4.69, 9.17) is 0 Å². The molecule has 0 heterocycles. The van der Waals surface area contributed by atoms with Crippen molar-refractivity contribution in [3.8, 4) is 0 Å². The summed E-state index contributed by atoms with van der Waals surface area (Å²) in [6.45, 7) is 4.30. The highest BCUT2D eigenvalue weighted by Gasteiger charge is 2.52. The first kappa shape index (κ1) is 31.8. The fraction of sp³-hybridized carbons (Fsp3) is 0.929. The van der Waals surface area contributed by atoms with Crippen molar-refractivity contribution < 1.29 is 13.9 Å². The Morgan fingerprint density at radius 1 is 0.656 bits per heavy atom. The van der Waals surface area contributed by atoms with Crippen LogP contribution in [0.3, 0.4) is 0 Å². The van der Waals surface area contributed by atoms with Gasteiger partial charge in [0, 0.05) is 12.8 Å². The molecule has 0 amide bonds. The number of hydrogen-bond acceptors (Lipinski definition) is 2. The molecule has 0 N–H and O–H groups in total. The Kier molecular flexibility index (Phi) is 20.0. The maximum Gasteiger partial charge on any atom is 0.376 e. The van der Waals surface area contributed by atoms with Crippen molar-refractivity contribution in [1.82, 2.24) is 0 Å². The van der Waals surface area contributed by atoms with Crippen molar-refractivity contribution in [3.05, 3.63) is 12.2 Å². The lowest BCUT2D eigenvalue weighted by atomic mass is 10.0. The van der Waals surface area contributed by atoms with Crippen LogP contribution >= 0.6 is 8.03 Å². The molecule has 0 saturated heterocycles. The molecule has 0 saturated carbocycles. The summed E-state index contributed by atoms with van der Waals surface area (Å²) in [5.41, 5.74) is 0. The van der Waals surface area contributed by atoms with E-state index in [1.807, 2.05) is 28.1 Å². The number of rotatable bonds is 23. The fourth-order valence-corrected chi connectivity index (χ4v) is 5.90. The molecular formula is C28H57NO2P+. The summed E-state index contributed by atoms with van der Waals surface area (Å²) in [6, 6.07) is 0. The van der Waals surface area contributed by atoms with Gasteiger partial charge in [-0.3, -0.25) is 4.48 Å². The van der Waals surface area contributed by atoms with E-state index >= 15 is 0 Å². The second kappa shape index (κ2) is 20.2. The van der Waals surface area contributed by atoms with Gasteiger partial charge in [-0.15, -0.1) is 0 Å². The molecule has 0 aliphatic carbocycles. The van der Waals surface area contributed by atoms with Crippen molar-refractivity contribution in [2.24, 2.45) is 0 Å². The zero-order chi connectivity index (χ0) is 24.1. The minimum absolute atomic E-state index is 0.506. The standard InChI is InChI=1S/C28H57NO2P/c1-6-8-9-10-11-12-13-14-15-16-17-18-19-20-21-22-23-24-25-26-27-28(7-2,32(30)31)29(3,4)5/h19-20H,6-18,21-27H2,1-5H3/q+1/b20-19-. The third kappa shape index (κ3) is 14.8. The van der Waals surface area contributed by atoms with Gasteiger partial charge in [-0.2, -0.15) is 0 Å². The van der Waals surface area contributed by atoms with Gasteiger partial charge in [0.15, 0.2) is 0 Å². The zero-order valence-corrected chi connectivity index (χ0v) is 23.4. The van der Waals surface area contributed by atoms with Crippen LogP contribution in [0.2, 0.25) is 0 Å². The molecule has 0 aromatic carbocycles. The highest BCUT2D eigenvalue weighted by Crippen LogP contribution is 2.44. The summed E-state index contributed by atoms with van der Waals surface area (Å²) < 4.78 is 12.5. The molecule has 0 spiro atoms. The quantitative estimate of drug-likeness (QED) is 0.0647. The van der Waals surface area contributed by atoms with Crippen molar-refractivity contribution in [2.45, 2.75) is 148 Å². The molecule has 0 aliphatic heterocycles. The average Bonchev–Trinajstić information content (AvgIpc) is 2.74. The second-order valence-electron chi connectivity index (χ2n) is 10.7. The lowest BCUT2D eigenvalue weighted by molar-refractivity contribution is -0.910. The Morgan fingerprint density at radius 2 is 1.03 bits per heavy atom. The SMILES string of the molecule is CCCCCCCCCCCCC/C=C\CCCCCCCC(CC)([P+](=O)[O-])[N+](C)(C)C. The summed E-state index contributed by atoms with van der Waals surface area (Å²) >= 11 is 0. The third-order valence-corrected chi connectivity index (χ3v) is 9.06. The van der Waals surface area contributed by atoms with Gasteiger partial charge >= 0.3 is 8.03 Å². The predicted octanol–water partition coefficient (Wildman–Crippen LogP) is 8.89. The van der Waals surface area contributed by atoms with Crippen LogP contribution < -0.4 is 4.89 Å². The van der Waals surface area contributed by atoms with Crippen LogP contribution in [0.25, 0.3) is 0 Å². The Balaban J connectivity index is 3.54. The molecule has 3 nitrogen and oxygen atoms in total. The van der Waals surface area contributed by atoms with Crippen LogP contribution in [-0.4, -0.2) is 30.9 Å². The van der Waals surface area contributed by atoms with Crippen LogP contribution in [0.5, 0.6) is 0 Å². The van der Waals surface area contributed by atoms with E-state index in [0.29, 0.717) is 10.9 Å². The van der Waals surface area contributed by atoms with Crippen molar-refractivity contribution in [3.63, 3.8) is 0 Å². The zero-order valence-electron chi connectivity index (χ0n) is 22.5. The first-order valence-corrected chi connectivity index (χ1v) is 15.1. The van der Waals surface area contributed by atoms with Gasteiger partial charge in [0.1, 0.15) is 0 Å². The predicted molar refractivity (Wildman–Crippen MR) is 141 cm³/mol. The molecule has 2 atom stereocenters. The smallest absolute Gasteiger partial charge is 0.376 e. The minimum Gasteiger partial charge on any atom is -0.590 e. The monoisotopic (exact) mass is 470 g/mol. The molecule has 4 heteroatoms. The van der Waals surface area contributed by atoms with Gasteiger partial charge in [0.2, 0.25) is 0 Å². The van der Waals surface area contributed by atoms with E-state index in [1.54, 1.807) is 0 Å². The summed E-state index contributed by atoms with van der Waals surface area (Å²) in [5, 5.41) is -0.605. The molecule has 0 rings (SSSR count). The molecule has 0 aromatic heterocycles. The topological polar surface area (TPSA) is 40.1 Å². The van der Waals surface area contributed by atoms with E-state index < -0.39 is 13.3 Å². The first-order valence-electron chi connectivity index (χ1n) is 13.9. The average molecular weight is 471 g/mol. The van der Waals surface area contributed by atoms with Gasteiger partial charge < -0.3 is 4.89 Å². The van der Waals surface area contributed by atoms with Crippen LogP contribution in [0.4, 0.5) is 0 Å². The number of hydrogen-bond donors (Lipinski definition) is 0. The second-order valence-corrected chi connectivity index (χ2v) is 12.1. The van der Waals surface area contributed by atoms with Crippen LogP contribution in [0.15, 0.2) is 12.2 Å². The summed E-state index contributed by atoms with van der Waals surface area (Å²) in [4.78, 5) is 11.9. The van der Waals surface area contributed by atoms with Crippen LogP contribution in [0.1, 0.15) is 142 Å². The molecule has 0 aliphatic rings. The minimum atomic E-state index is -2.42. The Morgan fingerprint density at radius 3 is 1.38 bits per heavy atom. The summed E-state index contributed by atoms with van der Waals surface area (Å²) in [7, 11) is 3.61. The largest absolute Gasteiger partial charge is 0.590 e. The molecule has 0 aromatic rings.